The summed E-state index contributed by atoms with van der Waals surface area (Å²) in [5, 5.41) is 6.55. The molecule has 1 amide bonds. The number of benzene rings is 2. The predicted octanol–water partition coefficient (Wildman–Crippen LogP) is 2.66. The Labute approximate surface area is 184 Å². The zero-order chi connectivity index (χ0) is 22.6. The number of carbonyl (C=O) groups is 1. The van der Waals surface area contributed by atoms with Crippen LogP contribution in [0.5, 0.6) is 11.5 Å². The summed E-state index contributed by atoms with van der Waals surface area (Å²) in [5.74, 6) is 4.36. The lowest BCUT2D eigenvalue weighted by Crippen LogP contribution is -2.36. The van der Waals surface area contributed by atoms with Crippen molar-refractivity contribution >= 4 is 11.9 Å². The van der Waals surface area contributed by atoms with Crippen LogP contribution in [0.4, 0.5) is 0 Å². The quantitative estimate of drug-likeness (QED) is 0.369. The number of amides is 1. The molecule has 164 valence electrons. The highest BCUT2D eigenvalue weighted by Gasteiger charge is 2.08. The Morgan fingerprint density at radius 2 is 1.81 bits per heavy atom. The minimum absolute atomic E-state index is 0.0144. The van der Waals surface area contributed by atoms with Gasteiger partial charge in [-0.2, -0.15) is 0 Å². The molecule has 0 fully saturated rings. The number of methoxy groups -OCH3 is 1. The molecule has 31 heavy (non-hydrogen) atoms. The van der Waals surface area contributed by atoms with Gasteiger partial charge in [-0.05, 0) is 42.3 Å². The topological polar surface area (TPSA) is 75.2 Å². The molecule has 0 saturated heterocycles. The zero-order valence-corrected chi connectivity index (χ0v) is 18.6. The maximum absolute atomic E-state index is 12.0. The molecule has 0 aromatic heterocycles. The molecule has 0 aliphatic carbocycles. The fraction of sp³-hybridized carbons (Fsp3) is 0.333. The van der Waals surface area contributed by atoms with Gasteiger partial charge >= 0.3 is 0 Å². The molecule has 0 atom stereocenters. The van der Waals surface area contributed by atoms with Crippen molar-refractivity contribution in [3.8, 4) is 23.8 Å². The molecule has 0 unspecified atom stereocenters. The molecular weight excluding hydrogens is 392 g/mol. The van der Waals surface area contributed by atoms with Crippen molar-refractivity contribution in [2.45, 2.75) is 20.0 Å². The third-order valence-electron chi connectivity index (χ3n) is 4.37. The molecule has 2 N–H and O–H groups in total. The second kappa shape index (κ2) is 12.1. The standard InChI is InChI=1S/C24H30N4O3/c1-6-14-31-22-15-19(10-13-21(22)30-5)17-27-24(25-7-2)26-16-18-8-11-20(12-9-18)23(29)28(3)4/h1,8-13,15H,7,14,16-17H2,2-5H3,(H2,25,26,27). The van der Waals surface area contributed by atoms with Gasteiger partial charge in [-0.3, -0.25) is 4.79 Å². The fourth-order valence-electron chi connectivity index (χ4n) is 2.77. The summed E-state index contributed by atoms with van der Waals surface area (Å²) in [6.07, 6.45) is 5.28. The lowest BCUT2D eigenvalue weighted by atomic mass is 10.1. The summed E-state index contributed by atoms with van der Waals surface area (Å²) < 4.78 is 10.9. The first-order valence-electron chi connectivity index (χ1n) is 10.0. The van der Waals surface area contributed by atoms with Crippen LogP contribution in [-0.2, 0) is 13.1 Å². The van der Waals surface area contributed by atoms with E-state index in [1.807, 2.05) is 49.4 Å². The smallest absolute Gasteiger partial charge is 0.253 e. The Bertz CT molecular complexity index is 931. The maximum Gasteiger partial charge on any atom is 0.253 e. The normalized spacial score (nSPS) is 10.7. The maximum atomic E-state index is 12.0. The van der Waals surface area contributed by atoms with Crippen LogP contribution in [-0.4, -0.2) is 51.1 Å². The van der Waals surface area contributed by atoms with E-state index >= 15 is 0 Å². The number of hydrogen-bond donors (Lipinski definition) is 2. The molecule has 7 nitrogen and oxygen atoms in total. The first kappa shape index (κ1) is 23.6. The molecule has 0 heterocycles. The summed E-state index contributed by atoms with van der Waals surface area (Å²) in [6, 6.07) is 13.2. The monoisotopic (exact) mass is 422 g/mol. The first-order valence-corrected chi connectivity index (χ1v) is 10.0. The van der Waals surface area contributed by atoms with E-state index in [1.165, 1.54) is 0 Å². The Morgan fingerprint density at radius 1 is 1.10 bits per heavy atom. The second-order valence-corrected chi connectivity index (χ2v) is 6.92. The van der Waals surface area contributed by atoms with Gasteiger partial charge in [-0.15, -0.1) is 6.42 Å². The number of terminal acetylenes is 1. The van der Waals surface area contributed by atoms with Crippen LogP contribution in [0, 0.1) is 12.3 Å². The Morgan fingerprint density at radius 3 is 2.42 bits per heavy atom. The number of aliphatic imine (C=N–C) groups is 1. The van der Waals surface area contributed by atoms with E-state index in [9.17, 15) is 4.79 Å². The molecule has 0 aliphatic rings. The van der Waals surface area contributed by atoms with Crippen molar-refractivity contribution in [2.24, 2.45) is 4.99 Å². The highest BCUT2D eigenvalue weighted by Crippen LogP contribution is 2.28. The molecule has 7 heteroatoms. The summed E-state index contributed by atoms with van der Waals surface area (Å²) in [7, 11) is 5.07. The van der Waals surface area contributed by atoms with Crippen LogP contribution >= 0.6 is 0 Å². The number of rotatable bonds is 9. The zero-order valence-electron chi connectivity index (χ0n) is 18.6. The fourth-order valence-corrected chi connectivity index (χ4v) is 2.77. The number of hydrogen-bond acceptors (Lipinski definition) is 4. The number of nitrogens with one attached hydrogen (secondary N) is 2. The molecular formula is C24H30N4O3. The minimum atomic E-state index is -0.0144. The molecule has 2 aromatic carbocycles. The van der Waals surface area contributed by atoms with Crippen LogP contribution in [0.1, 0.15) is 28.4 Å². The third-order valence-corrected chi connectivity index (χ3v) is 4.37. The van der Waals surface area contributed by atoms with E-state index in [-0.39, 0.29) is 12.5 Å². The predicted molar refractivity (Wildman–Crippen MR) is 123 cm³/mol. The number of nitrogens with zero attached hydrogens (tertiary/aromatic N) is 2. The van der Waals surface area contributed by atoms with Crippen LogP contribution in [0.2, 0.25) is 0 Å². The van der Waals surface area contributed by atoms with Gasteiger partial charge < -0.3 is 25.0 Å². The average molecular weight is 423 g/mol. The Hall–Kier alpha value is -3.66. The van der Waals surface area contributed by atoms with E-state index in [2.05, 4.69) is 21.5 Å². The molecule has 2 aromatic rings. The van der Waals surface area contributed by atoms with E-state index in [0.717, 1.165) is 17.7 Å². The van der Waals surface area contributed by atoms with Gasteiger partial charge in [-0.25, -0.2) is 4.99 Å². The lowest BCUT2D eigenvalue weighted by molar-refractivity contribution is 0.0827. The van der Waals surface area contributed by atoms with Gasteiger partial charge in [0.25, 0.3) is 5.91 Å². The second-order valence-electron chi connectivity index (χ2n) is 6.92. The van der Waals surface area contributed by atoms with Gasteiger partial charge in [-0.1, -0.05) is 24.1 Å². The van der Waals surface area contributed by atoms with E-state index < -0.39 is 0 Å². The molecule has 0 radical (unpaired) electrons. The van der Waals surface area contributed by atoms with Crippen LogP contribution in [0.15, 0.2) is 47.5 Å². The van der Waals surface area contributed by atoms with Crippen molar-refractivity contribution in [3.63, 3.8) is 0 Å². The summed E-state index contributed by atoms with van der Waals surface area (Å²) in [6.45, 7) is 3.97. The van der Waals surface area contributed by atoms with Crippen LogP contribution < -0.4 is 20.1 Å². The summed E-state index contributed by atoms with van der Waals surface area (Å²) in [5.41, 5.74) is 2.68. The molecule has 0 bridgehead atoms. The van der Waals surface area contributed by atoms with Gasteiger partial charge in [0.15, 0.2) is 17.5 Å². The summed E-state index contributed by atoms with van der Waals surface area (Å²) in [4.78, 5) is 18.2. The minimum Gasteiger partial charge on any atom is -0.493 e. The lowest BCUT2D eigenvalue weighted by Gasteiger charge is -2.13. The van der Waals surface area contributed by atoms with Gasteiger partial charge in [0.05, 0.1) is 13.7 Å². The van der Waals surface area contributed by atoms with Crippen molar-refractivity contribution < 1.29 is 14.3 Å². The van der Waals surface area contributed by atoms with E-state index in [1.54, 1.807) is 26.1 Å². The van der Waals surface area contributed by atoms with Crippen molar-refractivity contribution in [1.29, 1.82) is 0 Å². The highest BCUT2D eigenvalue weighted by molar-refractivity contribution is 5.93. The van der Waals surface area contributed by atoms with Crippen molar-refractivity contribution in [1.82, 2.24) is 15.5 Å². The Balaban J connectivity index is 2.03. The molecule has 0 spiro atoms. The number of ether oxygens (including phenoxy) is 2. The van der Waals surface area contributed by atoms with Gasteiger partial charge in [0.2, 0.25) is 0 Å². The van der Waals surface area contributed by atoms with Gasteiger partial charge in [0.1, 0.15) is 6.61 Å². The highest BCUT2D eigenvalue weighted by atomic mass is 16.5. The van der Waals surface area contributed by atoms with Crippen LogP contribution in [0.3, 0.4) is 0 Å². The van der Waals surface area contributed by atoms with Crippen molar-refractivity contribution in [2.75, 3.05) is 34.4 Å². The van der Waals surface area contributed by atoms with E-state index in [4.69, 9.17) is 15.9 Å². The summed E-state index contributed by atoms with van der Waals surface area (Å²) >= 11 is 0. The average Bonchev–Trinajstić information content (AvgIpc) is 2.79. The largest absolute Gasteiger partial charge is 0.493 e. The Kier molecular flexibility index (Phi) is 9.24. The van der Waals surface area contributed by atoms with Gasteiger partial charge in [0, 0.05) is 32.7 Å². The SMILES string of the molecule is C#CCOc1cc(CN=C(NCC)NCc2ccc(C(=O)N(C)C)cc2)ccc1OC. The van der Waals surface area contributed by atoms with Crippen molar-refractivity contribution in [3.05, 3.63) is 59.2 Å². The number of guanidine groups is 1. The molecule has 0 saturated carbocycles. The van der Waals surface area contributed by atoms with E-state index in [0.29, 0.717) is 36.1 Å². The number of carbonyl (C=O) groups excluding carboxylic acids is 1. The molecule has 2 rings (SSSR count). The first-order chi connectivity index (χ1) is 15.0. The molecule has 0 aliphatic heterocycles. The third kappa shape index (κ3) is 7.27. The van der Waals surface area contributed by atoms with Crippen LogP contribution in [0.25, 0.3) is 0 Å².